The molecule has 15 heavy (non-hydrogen) atoms. The molecular formula is C12H24N2O. The van der Waals surface area contributed by atoms with E-state index in [1.54, 1.807) is 0 Å². The molecule has 0 radical (unpaired) electrons. The van der Waals surface area contributed by atoms with Gasteiger partial charge in [0, 0.05) is 11.6 Å². The standard InChI is InChI=1S/C12H24N2O/c1-5-10-9(7-8-13-10)11(15)14-12(3,4)6-2/h9-10,13H,5-8H2,1-4H3,(H,14,15). The third kappa shape index (κ3) is 3.20. The summed E-state index contributed by atoms with van der Waals surface area (Å²) >= 11 is 0. The predicted octanol–water partition coefficient (Wildman–Crippen LogP) is 1.68. The number of hydrogen-bond donors (Lipinski definition) is 2. The minimum Gasteiger partial charge on any atom is -0.351 e. The lowest BCUT2D eigenvalue weighted by Gasteiger charge is -2.28. The molecule has 1 heterocycles. The maximum Gasteiger partial charge on any atom is 0.225 e. The molecule has 0 aliphatic carbocycles. The molecule has 0 aromatic carbocycles. The van der Waals surface area contributed by atoms with Gasteiger partial charge in [0.15, 0.2) is 0 Å². The molecule has 1 rings (SSSR count). The van der Waals surface area contributed by atoms with Crippen molar-refractivity contribution in [2.75, 3.05) is 6.54 Å². The first-order chi connectivity index (χ1) is 7.00. The Bertz CT molecular complexity index is 226. The van der Waals surface area contributed by atoms with Gasteiger partial charge in [-0.25, -0.2) is 0 Å². The highest BCUT2D eigenvalue weighted by atomic mass is 16.2. The van der Waals surface area contributed by atoms with Crippen LogP contribution in [-0.4, -0.2) is 24.0 Å². The molecular weight excluding hydrogens is 188 g/mol. The molecule has 3 nitrogen and oxygen atoms in total. The largest absolute Gasteiger partial charge is 0.351 e. The van der Waals surface area contributed by atoms with Crippen molar-refractivity contribution in [3.05, 3.63) is 0 Å². The van der Waals surface area contributed by atoms with Gasteiger partial charge in [0.25, 0.3) is 0 Å². The second-order valence-electron chi connectivity index (χ2n) is 5.09. The summed E-state index contributed by atoms with van der Waals surface area (Å²) in [7, 11) is 0. The van der Waals surface area contributed by atoms with Gasteiger partial charge in [-0.15, -0.1) is 0 Å². The van der Waals surface area contributed by atoms with Crippen molar-refractivity contribution in [3.8, 4) is 0 Å². The number of nitrogens with one attached hydrogen (secondary N) is 2. The van der Waals surface area contributed by atoms with Crippen LogP contribution in [0.1, 0.15) is 47.0 Å². The Balaban J connectivity index is 2.53. The summed E-state index contributed by atoms with van der Waals surface area (Å²) in [6.07, 6.45) is 2.98. The van der Waals surface area contributed by atoms with Crippen LogP contribution in [0.3, 0.4) is 0 Å². The third-order valence-corrected chi connectivity index (χ3v) is 3.47. The number of carbonyl (C=O) groups is 1. The smallest absolute Gasteiger partial charge is 0.225 e. The quantitative estimate of drug-likeness (QED) is 0.744. The topological polar surface area (TPSA) is 41.1 Å². The highest BCUT2D eigenvalue weighted by Gasteiger charge is 2.33. The van der Waals surface area contributed by atoms with Crippen molar-refractivity contribution >= 4 is 5.91 Å². The molecule has 0 bridgehead atoms. The Morgan fingerprint density at radius 1 is 1.47 bits per heavy atom. The molecule has 1 aliphatic heterocycles. The average molecular weight is 212 g/mol. The van der Waals surface area contributed by atoms with Crippen molar-refractivity contribution < 1.29 is 4.79 Å². The van der Waals surface area contributed by atoms with Crippen LogP contribution >= 0.6 is 0 Å². The van der Waals surface area contributed by atoms with Gasteiger partial charge in [0.05, 0.1) is 5.92 Å². The fraction of sp³-hybridized carbons (Fsp3) is 0.917. The molecule has 1 aliphatic rings. The fourth-order valence-corrected chi connectivity index (χ4v) is 2.02. The fourth-order valence-electron chi connectivity index (χ4n) is 2.02. The molecule has 1 amide bonds. The highest BCUT2D eigenvalue weighted by Crippen LogP contribution is 2.20. The summed E-state index contributed by atoms with van der Waals surface area (Å²) in [5.41, 5.74) is -0.0715. The van der Waals surface area contributed by atoms with Crippen LogP contribution in [0.25, 0.3) is 0 Å². The SMILES string of the molecule is CCC1NCCC1C(=O)NC(C)(C)CC. The van der Waals surface area contributed by atoms with E-state index in [1.807, 2.05) is 0 Å². The lowest BCUT2D eigenvalue weighted by atomic mass is 9.95. The van der Waals surface area contributed by atoms with E-state index in [4.69, 9.17) is 0 Å². The molecule has 1 saturated heterocycles. The van der Waals surface area contributed by atoms with Gasteiger partial charge in [-0.05, 0) is 39.7 Å². The first-order valence-electron chi connectivity index (χ1n) is 6.05. The van der Waals surface area contributed by atoms with Gasteiger partial charge in [-0.2, -0.15) is 0 Å². The molecule has 2 unspecified atom stereocenters. The molecule has 0 saturated carbocycles. The Kier molecular flexibility index (Phi) is 4.14. The molecule has 0 aromatic rings. The Hall–Kier alpha value is -0.570. The number of amides is 1. The van der Waals surface area contributed by atoms with Crippen LogP contribution in [-0.2, 0) is 4.79 Å². The molecule has 0 aromatic heterocycles. The molecule has 3 heteroatoms. The monoisotopic (exact) mass is 212 g/mol. The van der Waals surface area contributed by atoms with Crippen molar-refractivity contribution in [2.24, 2.45) is 5.92 Å². The van der Waals surface area contributed by atoms with Crippen molar-refractivity contribution in [1.29, 1.82) is 0 Å². The lowest BCUT2D eigenvalue weighted by Crippen LogP contribution is -2.48. The van der Waals surface area contributed by atoms with E-state index in [2.05, 4.69) is 38.3 Å². The Morgan fingerprint density at radius 2 is 2.13 bits per heavy atom. The third-order valence-electron chi connectivity index (χ3n) is 3.47. The van der Waals surface area contributed by atoms with Crippen LogP contribution in [0.2, 0.25) is 0 Å². The summed E-state index contributed by atoms with van der Waals surface area (Å²) in [4.78, 5) is 12.0. The van der Waals surface area contributed by atoms with Crippen LogP contribution in [0.5, 0.6) is 0 Å². The van der Waals surface area contributed by atoms with E-state index in [-0.39, 0.29) is 17.4 Å². The summed E-state index contributed by atoms with van der Waals surface area (Å²) in [5.74, 6) is 0.388. The zero-order chi connectivity index (χ0) is 11.5. The van der Waals surface area contributed by atoms with Crippen LogP contribution in [0.4, 0.5) is 0 Å². The van der Waals surface area contributed by atoms with Gasteiger partial charge < -0.3 is 10.6 Å². The summed E-state index contributed by atoms with van der Waals surface area (Å²) < 4.78 is 0. The minimum absolute atomic E-state index is 0.0715. The summed E-state index contributed by atoms with van der Waals surface area (Å²) in [6, 6.07) is 0.373. The van der Waals surface area contributed by atoms with E-state index in [0.717, 1.165) is 25.8 Å². The molecule has 2 N–H and O–H groups in total. The molecule has 88 valence electrons. The zero-order valence-electron chi connectivity index (χ0n) is 10.4. The van der Waals surface area contributed by atoms with Gasteiger partial charge in [-0.3, -0.25) is 4.79 Å². The number of hydrogen-bond acceptors (Lipinski definition) is 2. The molecule has 2 atom stereocenters. The first-order valence-corrected chi connectivity index (χ1v) is 6.05. The zero-order valence-corrected chi connectivity index (χ0v) is 10.4. The van der Waals surface area contributed by atoms with Crippen LogP contribution in [0, 0.1) is 5.92 Å². The number of rotatable bonds is 4. The maximum absolute atomic E-state index is 12.0. The average Bonchev–Trinajstić information content (AvgIpc) is 2.64. The highest BCUT2D eigenvalue weighted by molar-refractivity contribution is 5.80. The van der Waals surface area contributed by atoms with Gasteiger partial charge in [0.2, 0.25) is 5.91 Å². The van der Waals surface area contributed by atoms with Gasteiger partial charge >= 0.3 is 0 Å². The van der Waals surface area contributed by atoms with Crippen molar-refractivity contribution in [3.63, 3.8) is 0 Å². The Morgan fingerprint density at radius 3 is 2.67 bits per heavy atom. The van der Waals surface area contributed by atoms with Crippen molar-refractivity contribution in [2.45, 2.75) is 58.5 Å². The summed E-state index contributed by atoms with van der Waals surface area (Å²) in [5, 5.41) is 6.51. The second kappa shape index (κ2) is 4.97. The van der Waals surface area contributed by atoms with E-state index < -0.39 is 0 Å². The Labute approximate surface area is 93.0 Å². The maximum atomic E-state index is 12.0. The molecule has 0 spiro atoms. The second-order valence-corrected chi connectivity index (χ2v) is 5.09. The van der Waals surface area contributed by atoms with Gasteiger partial charge in [0.1, 0.15) is 0 Å². The first kappa shape index (κ1) is 12.5. The van der Waals surface area contributed by atoms with Crippen molar-refractivity contribution in [1.82, 2.24) is 10.6 Å². The summed E-state index contributed by atoms with van der Waals surface area (Å²) in [6.45, 7) is 9.37. The van der Waals surface area contributed by atoms with E-state index >= 15 is 0 Å². The predicted molar refractivity (Wildman–Crippen MR) is 62.7 cm³/mol. The van der Waals surface area contributed by atoms with Gasteiger partial charge in [-0.1, -0.05) is 13.8 Å². The normalized spacial score (nSPS) is 26.7. The van der Waals surface area contributed by atoms with E-state index in [9.17, 15) is 4.79 Å². The lowest BCUT2D eigenvalue weighted by molar-refractivity contribution is -0.126. The minimum atomic E-state index is -0.0715. The van der Waals surface area contributed by atoms with E-state index in [0.29, 0.717) is 6.04 Å². The molecule has 1 fully saturated rings. The van der Waals surface area contributed by atoms with E-state index in [1.165, 1.54) is 0 Å². The number of carbonyl (C=O) groups excluding carboxylic acids is 1. The van der Waals surface area contributed by atoms with Crippen LogP contribution < -0.4 is 10.6 Å². The van der Waals surface area contributed by atoms with Crippen LogP contribution in [0.15, 0.2) is 0 Å².